The highest BCUT2D eigenvalue weighted by Gasteiger charge is 2.15. The average Bonchev–Trinajstić information content (AvgIpc) is 2.27. The fourth-order valence-electron chi connectivity index (χ4n) is 1.47. The highest BCUT2D eigenvalue weighted by Crippen LogP contribution is 2.02. The van der Waals surface area contributed by atoms with Crippen molar-refractivity contribution < 1.29 is 4.79 Å². The highest BCUT2D eigenvalue weighted by molar-refractivity contribution is 5.81. The number of hydrogen-bond acceptors (Lipinski definition) is 2. The summed E-state index contributed by atoms with van der Waals surface area (Å²) >= 11 is 0. The molecule has 1 atom stereocenters. The van der Waals surface area contributed by atoms with Crippen molar-refractivity contribution in [1.82, 2.24) is 10.6 Å². The maximum Gasteiger partial charge on any atom is 0.237 e. The molecule has 0 unspecified atom stereocenters. The topological polar surface area (TPSA) is 41.1 Å². The quantitative estimate of drug-likeness (QED) is 0.753. The molecule has 0 bridgehead atoms. The fourth-order valence-corrected chi connectivity index (χ4v) is 1.47. The van der Waals surface area contributed by atoms with E-state index in [0.717, 1.165) is 6.42 Å². The van der Waals surface area contributed by atoms with Crippen LogP contribution < -0.4 is 10.6 Å². The van der Waals surface area contributed by atoms with Crippen LogP contribution in [0.3, 0.4) is 0 Å². The molecule has 0 fully saturated rings. The normalized spacial score (nSPS) is 12.1. The van der Waals surface area contributed by atoms with E-state index in [1.807, 2.05) is 44.3 Å². The minimum absolute atomic E-state index is 0.0591. The van der Waals surface area contributed by atoms with E-state index in [4.69, 9.17) is 0 Å². The van der Waals surface area contributed by atoms with Crippen LogP contribution in [0.15, 0.2) is 30.3 Å². The van der Waals surface area contributed by atoms with Crippen LogP contribution in [-0.2, 0) is 11.2 Å². The number of nitrogens with one attached hydrogen (secondary N) is 2. The summed E-state index contributed by atoms with van der Waals surface area (Å²) < 4.78 is 0. The summed E-state index contributed by atoms with van der Waals surface area (Å²) in [5.41, 5.74) is 1.17. The Labute approximate surface area is 90.9 Å². The Morgan fingerprint density at radius 1 is 1.33 bits per heavy atom. The van der Waals surface area contributed by atoms with Crippen molar-refractivity contribution >= 4 is 5.91 Å². The van der Waals surface area contributed by atoms with E-state index in [0.29, 0.717) is 6.54 Å². The van der Waals surface area contributed by atoms with Crippen LogP contribution in [0, 0.1) is 0 Å². The van der Waals surface area contributed by atoms with Gasteiger partial charge in [0.2, 0.25) is 5.91 Å². The van der Waals surface area contributed by atoms with Gasteiger partial charge in [-0.2, -0.15) is 0 Å². The molecule has 0 saturated heterocycles. The fraction of sp³-hybridized carbons (Fsp3) is 0.417. The number of rotatable bonds is 5. The Morgan fingerprint density at radius 3 is 2.53 bits per heavy atom. The Balaban J connectivity index is 2.58. The first-order valence-corrected chi connectivity index (χ1v) is 5.26. The molecule has 2 N–H and O–H groups in total. The van der Waals surface area contributed by atoms with E-state index < -0.39 is 0 Å². The maximum atomic E-state index is 11.6. The molecule has 1 aromatic rings. The first kappa shape index (κ1) is 11.7. The summed E-state index contributed by atoms with van der Waals surface area (Å²) in [6, 6.07) is 9.86. The Kier molecular flexibility index (Phi) is 4.84. The van der Waals surface area contributed by atoms with E-state index in [9.17, 15) is 4.79 Å². The van der Waals surface area contributed by atoms with Gasteiger partial charge in [0.25, 0.3) is 0 Å². The van der Waals surface area contributed by atoms with Gasteiger partial charge in [-0.1, -0.05) is 30.3 Å². The smallest absolute Gasteiger partial charge is 0.237 e. The zero-order valence-electron chi connectivity index (χ0n) is 9.29. The largest absolute Gasteiger partial charge is 0.355 e. The van der Waals surface area contributed by atoms with Crippen molar-refractivity contribution in [3.63, 3.8) is 0 Å². The molecule has 3 nitrogen and oxygen atoms in total. The van der Waals surface area contributed by atoms with Crippen LogP contribution in [0.1, 0.15) is 12.5 Å². The minimum atomic E-state index is -0.146. The molecular formula is C12H18N2O. The van der Waals surface area contributed by atoms with Crippen molar-refractivity contribution in [1.29, 1.82) is 0 Å². The van der Waals surface area contributed by atoms with Crippen molar-refractivity contribution in [2.75, 3.05) is 13.6 Å². The molecular weight excluding hydrogens is 188 g/mol. The van der Waals surface area contributed by atoms with Crippen LogP contribution in [0.25, 0.3) is 0 Å². The van der Waals surface area contributed by atoms with Crippen molar-refractivity contribution in [3.05, 3.63) is 35.9 Å². The third kappa shape index (κ3) is 3.72. The average molecular weight is 206 g/mol. The van der Waals surface area contributed by atoms with Crippen LogP contribution in [0.4, 0.5) is 0 Å². The lowest BCUT2D eigenvalue weighted by atomic mass is 10.1. The second kappa shape index (κ2) is 6.19. The van der Waals surface area contributed by atoms with Gasteiger partial charge in [0.05, 0.1) is 6.04 Å². The zero-order chi connectivity index (χ0) is 11.1. The van der Waals surface area contributed by atoms with Gasteiger partial charge in [0.15, 0.2) is 0 Å². The summed E-state index contributed by atoms with van der Waals surface area (Å²) in [6.07, 6.45) is 0.725. The highest BCUT2D eigenvalue weighted by atomic mass is 16.2. The van der Waals surface area contributed by atoms with E-state index in [2.05, 4.69) is 10.6 Å². The van der Waals surface area contributed by atoms with E-state index in [1.54, 1.807) is 0 Å². The molecule has 1 aromatic carbocycles. The van der Waals surface area contributed by atoms with Gasteiger partial charge in [-0.3, -0.25) is 4.79 Å². The van der Waals surface area contributed by atoms with Gasteiger partial charge in [0.1, 0.15) is 0 Å². The minimum Gasteiger partial charge on any atom is -0.355 e. The molecule has 0 aromatic heterocycles. The predicted octanol–water partition coefficient (Wildman–Crippen LogP) is 0.953. The molecule has 1 rings (SSSR count). The van der Waals surface area contributed by atoms with Gasteiger partial charge < -0.3 is 10.6 Å². The van der Waals surface area contributed by atoms with Crippen molar-refractivity contribution in [2.24, 2.45) is 0 Å². The summed E-state index contributed by atoms with van der Waals surface area (Å²) in [4.78, 5) is 11.6. The molecule has 0 aliphatic carbocycles. The molecule has 0 heterocycles. The number of benzene rings is 1. The van der Waals surface area contributed by atoms with Gasteiger partial charge in [-0.05, 0) is 26.0 Å². The van der Waals surface area contributed by atoms with E-state index >= 15 is 0 Å². The Bertz CT molecular complexity index is 298. The number of carbonyl (C=O) groups is 1. The van der Waals surface area contributed by atoms with Crippen molar-refractivity contribution in [3.8, 4) is 0 Å². The first-order valence-electron chi connectivity index (χ1n) is 5.26. The van der Waals surface area contributed by atoms with E-state index in [-0.39, 0.29) is 11.9 Å². The lowest BCUT2D eigenvalue weighted by molar-refractivity contribution is -0.122. The Hall–Kier alpha value is -1.35. The van der Waals surface area contributed by atoms with Crippen LogP contribution >= 0.6 is 0 Å². The molecule has 0 aliphatic rings. The molecule has 1 amide bonds. The summed E-state index contributed by atoms with van der Waals surface area (Å²) in [5.74, 6) is 0.0591. The standard InChI is InChI=1S/C12H18N2O/c1-3-14-12(15)11(13-2)9-10-7-5-4-6-8-10/h4-8,11,13H,3,9H2,1-2H3,(H,14,15)/t11-/m0/s1. The van der Waals surface area contributed by atoms with Gasteiger partial charge in [0, 0.05) is 6.54 Å². The van der Waals surface area contributed by atoms with Crippen molar-refractivity contribution in [2.45, 2.75) is 19.4 Å². The molecule has 0 spiro atoms. The lowest BCUT2D eigenvalue weighted by Crippen LogP contribution is -2.43. The SMILES string of the molecule is CCNC(=O)[C@H](Cc1ccccc1)NC. The third-order valence-corrected chi connectivity index (χ3v) is 2.30. The molecule has 82 valence electrons. The van der Waals surface area contributed by atoms with Crippen LogP contribution in [0.2, 0.25) is 0 Å². The van der Waals surface area contributed by atoms with Gasteiger partial charge >= 0.3 is 0 Å². The predicted molar refractivity (Wildman–Crippen MR) is 61.7 cm³/mol. The number of carbonyl (C=O) groups excluding carboxylic acids is 1. The second-order valence-corrected chi connectivity index (χ2v) is 3.43. The molecule has 0 saturated carbocycles. The van der Waals surface area contributed by atoms with Crippen LogP contribution in [-0.4, -0.2) is 25.5 Å². The van der Waals surface area contributed by atoms with Crippen LogP contribution in [0.5, 0.6) is 0 Å². The summed E-state index contributed by atoms with van der Waals surface area (Å²) in [5, 5.41) is 5.84. The molecule has 0 radical (unpaired) electrons. The molecule has 0 aliphatic heterocycles. The third-order valence-electron chi connectivity index (χ3n) is 2.30. The van der Waals surface area contributed by atoms with Gasteiger partial charge in [-0.25, -0.2) is 0 Å². The number of hydrogen-bond donors (Lipinski definition) is 2. The number of likely N-dealkylation sites (N-methyl/N-ethyl adjacent to an activating group) is 2. The first-order chi connectivity index (χ1) is 7.27. The monoisotopic (exact) mass is 206 g/mol. The molecule has 15 heavy (non-hydrogen) atoms. The number of amides is 1. The second-order valence-electron chi connectivity index (χ2n) is 3.43. The summed E-state index contributed by atoms with van der Waals surface area (Å²) in [7, 11) is 1.81. The Morgan fingerprint density at radius 2 is 2.00 bits per heavy atom. The van der Waals surface area contributed by atoms with E-state index in [1.165, 1.54) is 5.56 Å². The maximum absolute atomic E-state index is 11.6. The zero-order valence-corrected chi connectivity index (χ0v) is 9.29. The lowest BCUT2D eigenvalue weighted by Gasteiger charge is -2.15. The summed E-state index contributed by atoms with van der Waals surface area (Å²) in [6.45, 7) is 2.60. The van der Waals surface area contributed by atoms with Gasteiger partial charge in [-0.15, -0.1) is 0 Å². The molecule has 3 heteroatoms.